The van der Waals surface area contributed by atoms with Crippen molar-refractivity contribution >= 4 is 10.9 Å². The highest BCUT2D eigenvalue weighted by Gasteiger charge is 2.33. The van der Waals surface area contributed by atoms with E-state index in [4.69, 9.17) is 5.73 Å². The van der Waals surface area contributed by atoms with E-state index in [1.165, 1.54) is 6.07 Å². The minimum atomic E-state index is -4.39. The Morgan fingerprint density at radius 2 is 1.71 bits per heavy atom. The van der Waals surface area contributed by atoms with Gasteiger partial charge in [-0.05, 0) is 53.6 Å². The van der Waals surface area contributed by atoms with Gasteiger partial charge in [-0.1, -0.05) is 44.5 Å². The van der Waals surface area contributed by atoms with E-state index in [0.717, 1.165) is 22.9 Å². The van der Waals surface area contributed by atoms with Crippen LogP contribution in [0.2, 0.25) is 0 Å². The number of hydrogen-bond acceptors (Lipinski definition) is 1. The second kappa shape index (κ2) is 7.28. The van der Waals surface area contributed by atoms with E-state index < -0.39 is 11.7 Å². The van der Waals surface area contributed by atoms with Crippen LogP contribution in [0, 0.1) is 12.3 Å². The first-order chi connectivity index (χ1) is 13.0. The lowest BCUT2D eigenvalue weighted by Crippen LogP contribution is -2.10. The second-order valence-electron chi connectivity index (χ2n) is 8.65. The van der Waals surface area contributed by atoms with Crippen LogP contribution in [0.3, 0.4) is 0 Å². The van der Waals surface area contributed by atoms with E-state index in [9.17, 15) is 13.2 Å². The zero-order valence-electron chi connectivity index (χ0n) is 16.8. The summed E-state index contributed by atoms with van der Waals surface area (Å²) in [4.78, 5) is 0. The fraction of sp³-hybridized carbons (Fsp3) is 0.391. The maximum atomic E-state index is 13.6. The molecule has 150 valence electrons. The third-order valence-corrected chi connectivity index (χ3v) is 4.85. The SMILES string of the molecule is Cc1ccc(-c2ccc3c(c2)c(CC(C)(C)C)cn3CCN)c(C(F)(F)F)c1. The van der Waals surface area contributed by atoms with Crippen molar-refractivity contribution in [1.82, 2.24) is 4.57 Å². The molecule has 0 fully saturated rings. The first-order valence-electron chi connectivity index (χ1n) is 9.50. The Morgan fingerprint density at radius 3 is 2.32 bits per heavy atom. The number of aromatic nitrogens is 1. The molecule has 2 nitrogen and oxygen atoms in total. The average Bonchev–Trinajstić information content (AvgIpc) is 2.89. The maximum absolute atomic E-state index is 13.6. The summed E-state index contributed by atoms with van der Waals surface area (Å²) in [7, 11) is 0. The molecule has 3 rings (SSSR count). The van der Waals surface area contributed by atoms with E-state index >= 15 is 0 Å². The standard InChI is InChI=1S/C23H27F3N2/c1-15-5-7-18(20(11-15)23(24,25)26)16-6-8-21-19(12-16)17(13-22(2,3)4)14-28(21)10-9-27/h5-8,11-12,14H,9-10,13,27H2,1-4H3. The normalized spacial score (nSPS) is 12.7. The molecule has 0 spiro atoms. The molecule has 1 aromatic heterocycles. The lowest BCUT2D eigenvalue weighted by Gasteiger charge is -2.17. The third-order valence-electron chi connectivity index (χ3n) is 4.85. The van der Waals surface area contributed by atoms with Crippen molar-refractivity contribution in [2.75, 3.05) is 6.54 Å². The molecule has 0 saturated heterocycles. The number of nitrogens with zero attached hydrogens (tertiary/aromatic N) is 1. The highest BCUT2D eigenvalue weighted by atomic mass is 19.4. The summed E-state index contributed by atoms with van der Waals surface area (Å²) in [5.74, 6) is 0. The molecular weight excluding hydrogens is 361 g/mol. The molecule has 0 amide bonds. The first kappa shape index (κ1) is 20.5. The molecule has 0 aliphatic carbocycles. The molecule has 1 heterocycles. The number of fused-ring (bicyclic) bond motifs is 1. The highest BCUT2D eigenvalue weighted by Crippen LogP contribution is 2.39. The first-order valence-corrected chi connectivity index (χ1v) is 9.50. The fourth-order valence-electron chi connectivity index (χ4n) is 3.72. The summed E-state index contributed by atoms with van der Waals surface area (Å²) in [5, 5.41) is 0.995. The minimum Gasteiger partial charge on any atom is -0.346 e. The van der Waals surface area contributed by atoms with Gasteiger partial charge in [-0.3, -0.25) is 0 Å². The van der Waals surface area contributed by atoms with Crippen molar-refractivity contribution in [3.8, 4) is 11.1 Å². The van der Waals surface area contributed by atoms with Gasteiger partial charge in [0, 0.05) is 30.2 Å². The molecule has 3 aromatic rings. The van der Waals surface area contributed by atoms with Crippen molar-refractivity contribution in [1.29, 1.82) is 0 Å². The van der Waals surface area contributed by atoms with Crippen LogP contribution in [0.4, 0.5) is 13.2 Å². The Morgan fingerprint density at radius 1 is 1.00 bits per heavy atom. The lowest BCUT2D eigenvalue weighted by molar-refractivity contribution is -0.137. The van der Waals surface area contributed by atoms with Crippen LogP contribution in [-0.4, -0.2) is 11.1 Å². The summed E-state index contributed by atoms with van der Waals surface area (Å²) >= 11 is 0. The van der Waals surface area contributed by atoms with Gasteiger partial charge in [-0.2, -0.15) is 13.2 Å². The summed E-state index contributed by atoms with van der Waals surface area (Å²) in [5.41, 5.74) is 8.76. The Balaban J connectivity index is 2.21. The summed E-state index contributed by atoms with van der Waals surface area (Å²) in [6, 6.07) is 10.1. The van der Waals surface area contributed by atoms with Crippen molar-refractivity contribution in [2.45, 2.75) is 46.8 Å². The van der Waals surface area contributed by atoms with Crippen LogP contribution in [-0.2, 0) is 19.1 Å². The maximum Gasteiger partial charge on any atom is 0.417 e. The van der Waals surface area contributed by atoms with Crippen LogP contribution >= 0.6 is 0 Å². The fourth-order valence-corrected chi connectivity index (χ4v) is 3.72. The number of aryl methyl sites for hydroxylation is 1. The quantitative estimate of drug-likeness (QED) is 0.568. The molecule has 5 heteroatoms. The summed E-state index contributed by atoms with van der Waals surface area (Å²) in [6.07, 6.45) is -1.47. The number of nitrogens with two attached hydrogens (primary N) is 1. The van der Waals surface area contributed by atoms with E-state index in [-0.39, 0.29) is 11.0 Å². The van der Waals surface area contributed by atoms with Crippen LogP contribution < -0.4 is 5.73 Å². The van der Waals surface area contributed by atoms with Gasteiger partial charge in [0.05, 0.1) is 5.56 Å². The molecule has 0 bridgehead atoms. The monoisotopic (exact) mass is 388 g/mol. The van der Waals surface area contributed by atoms with Crippen molar-refractivity contribution in [2.24, 2.45) is 11.1 Å². The van der Waals surface area contributed by atoms with Gasteiger partial charge in [0.15, 0.2) is 0 Å². The molecule has 0 aliphatic heterocycles. The molecule has 28 heavy (non-hydrogen) atoms. The van der Waals surface area contributed by atoms with E-state index in [0.29, 0.717) is 24.2 Å². The summed E-state index contributed by atoms with van der Waals surface area (Å²) in [6.45, 7) is 9.34. The number of rotatable bonds is 4. The van der Waals surface area contributed by atoms with E-state index in [2.05, 4.69) is 31.5 Å². The number of hydrogen-bond donors (Lipinski definition) is 1. The van der Waals surface area contributed by atoms with Crippen LogP contribution in [0.5, 0.6) is 0 Å². The van der Waals surface area contributed by atoms with Gasteiger partial charge < -0.3 is 10.3 Å². The number of benzene rings is 2. The van der Waals surface area contributed by atoms with Gasteiger partial charge in [0.1, 0.15) is 0 Å². The molecular formula is C23H27F3N2. The number of halogens is 3. The van der Waals surface area contributed by atoms with Gasteiger partial charge in [-0.15, -0.1) is 0 Å². The number of alkyl halides is 3. The van der Waals surface area contributed by atoms with Crippen LogP contribution in [0.15, 0.2) is 42.6 Å². The molecule has 0 aliphatic rings. The topological polar surface area (TPSA) is 30.9 Å². The van der Waals surface area contributed by atoms with Gasteiger partial charge >= 0.3 is 6.18 Å². The minimum absolute atomic E-state index is 0.0683. The molecule has 0 radical (unpaired) electrons. The molecule has 2 aromatic carbocycles. The Labute approximate surface area is 164 Å². The van der Waals surface area contributed by atoms with Crippen LogP contribution in [0.25, 0.3) is 22.0 Å². The predicted molar refractivity (Wildman–Crippen MR) is 109 cm³/mol. The van der Waals surface area contributed by atoms with Crippen molar-refractivity contribution in [3.63, 3.8) is 0 Å². The second-order valence-corrected chi connectivity index (χ2v) is 8.65. The molecule has 0 atom stereocenters. The third kappa shape index (κ3) is 4.25. The Kier molecular flexibility index (Phi) is 5.32. The summed E-state index contributed by atoms with van der Waals surface area (Å²) < 4.78 is 42.9. The van der Waals surface area contributed by atoms with Crippen LogP contribution in [0.1, 0.15) is 37.5 Å². The highest BCUT2D eigenvalue weighted by molar-refractivity contribution is 5.89. The van der Waals surface area contributed by atoms with E-state index in [1.807, 2.05) is 12.1 Å². The molecule has 2 N–H and O–H groups in total. The smallest absolute Gasteiger partial charge is 0.346 e. The molecule has 0 saturated carbocycles. The van der Waals surface area contributed by atoms with Gasteiger partial charge in [0.25, 0.3) is 0 Å². The zero-order chi connectivity index (χ0) is 20.7. The largest absolute Gasteiger partial charge is 0.417 e. The van der Waals surface area contributed by atoms with Gasteiger partial charge in [-0.25, -0.2) is 0 Å². The Bertz CT molecular complexity index is 991. The van der Waals surface area contributed by atoms with Crippen molar-refractivity contribution < 1.29 is 13.2 Å². The van der Waals surface area contributed by atoms with Gasteiger partial charge in [0.2, 0.25) is 0 Å². The predicted octanol–water partition coefficient (Wildman–Crippen LogP) is 6.18. The average molecular weight is 388 g/mol. The molecule has 0 unspecified atom stereocenters. The van der Waals surface area contributed by atoms with E-state index in [1.54, 1.807) is 25.1 Å². The Hall–Kier alpha value is -2.27. The lowest BCUT2D eigenvalue weighted by atomic mass is 9.87. The zero-order valence-corrected chi connectivity index (χ0v) is 16.8. The van der Waals surface area contributed by atoms with Crippen molar-refractivity contribution in [3.05, 3.63) is 59.3 Å².